The summed E-state index contributed by atoms with van der Waals surface area (Å²) in [6, 6.07) is 6.98. The van der Waals surface area contributed by atoms with Gasteiger partial charge >= 0.3 is 5.97 Å². The molecule has 0 aliphatic carbocycles. The molecule has 122 valence electrons. The summed E-state index contributed by atoms with van der Waals surface area (Å²) in [5.74, 6) is -2.38. The van der Waals surface area contributed by atoms with Crippen molar-refractivity contribution in [1.82, 2.24) is 5.06 Å². The number of nitro groups is 1. The van der Waals surface area contributed by atoms with E-state index in [1.165, 1.54) is 12.1 Å². The Hall–Kier alpha value is -3.29. The molecule has 0 aromatic heterocycles. The number of nitrogens with zero attached hydrogens (tertiary/aromatic N) is 2. The lowest BCUT2D eigenvalue weighted by Crippen LogP contribution is -2.41. The fraction of sp³-hybridized carbons (Fsp3) is 0.188. The highest BCUT2D eigenvalue weighted by atomic mass is 16.7. The zero-order chi connectivity index (χ0) is 17.4. The number of carbonyl (C=O) groups is 3. The highest BCUT2D eigenvalue weighted by Crippen LogP contribution is 2.33. The smallest absolute Gasteiger partial charge is 0.330 e. The van der Waals surface area contributed by atoms with Crippen molar-refractivity contribution in [3.63, 3.8) is 0 Å². The van der Waals surface area contributed by atoms with E-state index in [0.717, 1.165) is 6.07 Å². The largest absolute Gasteiger partial charge is 0.333 e. The molecule has 0 saturated carbocycles. The highest BCUT2D eigenvalue weighted by Gasteiger charge is 2.37. The molecule has 3 rings (SSSR count). The van der Waals surface area contributed by atoms with Gasteiger partial charge in [0.05, 0.1) is 16.1 Å². The van der Waals surface area contributed by atoms with Crippen molar-refractivity contribution in [2.24, 2.45) is 0 Å². The highest BCUT2D eigenvalue weighted by molar-refractivity contribution is 6.25. The van der Waals surface area contributed by atoms with Gasteiger partial charge < -0.3 is 4.84 Å². The first kappa shape index (κ1) is 15.6. The third kappa shape index (κ3) is 2.37. The normalized spacial score (nSPS) is 13.3. The number of amides is 2. The van der Waals surface area contributed by atoms with Gasteiger partial charge in [0, 0.05) is 23.9 Å². The molecule has 0 unspecified atom stereocenters. The van der Waals surface area contributed by atoms with Gasteiger partial charge in [-0.1, -0.05) is 24.1 Å². The van der Waals surface area contributed by atoms with Crippen molar-refractivity contribution >= 4 is 34.2 Å². The van der Waals surface area contributed by atoms with Gasteiger partial charge in [0.25, 0.3) is 17.5 Å². The Morgan fingerprint density at radius 1 is 1.21 bits per heavy atom. The Balaban J connectivity index is 2.17. The molecule has 0 N–H and O–H groups in total. The molecule has 2 aromatic rings. The van der Waals surface area contributed by atoms with E-state index in [-0.39, 0.29) is 23.2 Å². The summed E-state index contributed by atoms with van der Waals surface area (Å²) in [5.41, 5.74) is -0.169. The molecule has 0 spiro atoms. The van der Waals surface area contributed by atoms with E-state index in [2.05, 4.69) is 0 Å². The molecular weight excluding hydrogens is 316 g/mol. The van der Waals surface area contributed by atoms with E-state index < -0.39 is 22.7 Å². The van der Waals surface area contributed by atoms with Gasteiger partial charge in [0.15, 0.2) is 0 Å². The van der Waals surface area contributed by atoms with Crippen LogP contribution in [0.2, 0.25) is 0 Å². The van der Waals surface area contributed by atoms with E-state index in [0.29, 0.717) is 22.3 Å². The molecule has 0 saturated heterocycles. The Kier molecular flexibility index (Phi) is 3.72. The van der Waals surface area contributed by atoms with Crippen LogP contribution in [0, 0.1) is 10.1 Å². The average molecular weight is 328 g/mol. The second-order valence-electron chi connectivity index (χ2n) is 5.27. The molecule has 0 bridgehead atoms. The third-order valence-electron chi connectivity index (χ3n) is 3.65. The third-order valence-corrected chi connectivity index (χ3v) is 3.65. The first-order valence-electron chi connectivity index (χ1n) is 7.24. The SMILES string of the molecule is CCCC(=O)ON1C(=O)c2cccc3cc([N+](=O)[O-])cc(c23)C1=O. The summed E-state index contributed by atoms with van der Waals surface area (Å²) in [5, 5.41) is 12.2. The lowest BCUT2D eigenvalue weighted by atomic mass is 9.94. The van der Waals surface area contributed by atoms with Crippen molar-refractivity contribution in [3.8, 4) is 0 Å². The number of hydroxylamine groups is 2. The molecule has 1 aliphatic rings. The van der Waals surface area contributed by atoms with Gasteiger partial charge in [-0.3, -0.25) is 19.7 Å². The Morgan fingerprint density at radius 3 is 2.58 bits per heavy atom. The molecule has 2 aromatic carbocycles. The summed E-state index contributed by atoms with van der Waals surface area (Å²) >= 11 is 0. The van der Waals surface area contributed by atoms with Crippen LogP contribution in [0.1, 0.15) is 40.5 Å². The summed E-state index contributed by atoms with van der Waals surface area (Å²) in [6.45, 7) is 1.75. The standard InChI is InChI=1S/C16H12N2O6/c1-2-4-13(19)24-17-15(20)11-6-3-5-9-7-10(18(22)23)8-12(14(9)11)16(17)21/h3,5-8H,2,4H2,1H3. The number of hydrogen-bond donors (Lipinski definition) is 0. The maximum absolute atomic E-state index is 12.5. The summed E-state index contributed by atoms with van der Waals surface area (Å²) in [6.07, 6.45) is 0.537. The van der Waals surface area contributed by atoms with Crippen molar-refractivity contribution in [2.75, 3.05) is 0 Å². The van der Waals surface area contributed by atoms with Gasteiger partial charge in [-0.2, -0.15) is 0 Å². The summed E-state index contributed by atoms with van der Waals surface area (Å²) in [7, 11) is 0. The van der Waals surface area contributed by atoms with E-state index in [4.69, 9.17) is 4.84 Å². The van der Waals surface area contributed by atoms with Crippen LogP contribution in [-0.4, -0.2) is 27.8 Å². The van der Waals surface area contributed by atoms with Gasteiger partial charge in [0.2, 0.25) is 0 Å². The van der Waals surface area contributed by atoms with Crippen molar-refractivity contribution in [1.29, 1.82) is 0 Å². The second-order valence-corrected chi connectivity index (χ2v) is 5.27. The Morgan fingerprint density at radius 2 is 1.92 bits per heavy atom. The van der Waals surface area contributed by atoms with E-state index >= 15 is 0 Å². The minimum atomic E-state index is -0.892. The van der Waals surface area contributed by atoms with Crippen LogP contribution in [0.15, 0.2) is 30.3 Å². The quantitative estimate of drug-likeness (QED) is 0.485. The minimum Gasteiger partial charge on any atom is -0.330 e. The van der Waals surface area contributed by atoms with Crippen LogP contribution in [0.25, 0.3) is 10.8 Å². The molecule has 0 atom stereocenters. The average Bonchev–Trinajstić information content (AvgIpc) is 2.56. The molecule has 1 aliphatic heterocycles. The predicted octanol–water partition coefficient (Wildman–Crippen LogP) is 2.60. The van der Waals surface area contributed by atoms with E-state index in [1.54, 1.807) is 19.1 Å². The molecule has 24 heavy (non-hydrogen) atoms. The van der Waals surface area contributed by atoms with Crippen molar-refractivity contribution in [3.05, 3.63) is 51.6 Å². The number of imide groups is 1. The lowest BCUT2D eigenvalue weighted by molar-refractivity contribution is -0.384. The minimum absolute atomic E-state index is 0.0429. The molecule has 8 nitrogen and oxygen atoms in total. The topological polar surface area (TPSA) is 107 Å². The summed E-state index contributed by atoms with van der Waals surface area (Å²) in [4.78, 5) is 52.0. The van der Waals surface area contributed by atoms with Crippen LogP contribution in [0.5, 0.6) is 0 Å². The van der Waals surface area contributed by atoms with Crippen LogP contribution >= 0.6 is 0 Å². The Labute approximate surface area is 135 Å². The molecule has 0 radical (unpaired) electrons. The number of rotatable bonds is 4. The maximum atomic E-state index is 12.5. The fourth-order valence-corrected chi connectivity index (χ4v) is 2.61. The monoisotopic (exact) mass is 328 g/mol. The first-order chi connectivity index (χ1) is 11.4. The zero-order valence-corrected chi connectivity index (χ0v) is 12.6. The molecular formula is C16H12N2O6. The number of nitro benzene ring substituents is 1. The van der Waals surface area contributed by atoms with E-state index in [9.17, 15) is 24.5 Å². The number of non-ortho nitro benzene ring substituents is 1. The van der Waals surface area contributed by atoms with Crippen molar-refractivity contribution < 1.29 is 24.1 Å². The number of benzene rings is 2. The van der Waals surface area contributed by atoms with Gasteiger partial charge in [-0.25, -0.2) is 4.79 Å². The van der Waals surface area contributed by atoms with Crippen LogP contribution in [0.3, 0.4) is 0 Å². The van der Waals surface area contributed by atoms with Crippen LogP contribution < -0.4 is 0 Å². The first-order valence-corrected chi connectivity index (χ1v) is 7.24. The predicted molar refractivity (Wildman–Crippen MR) is 82.1 cm³/mol. The second kappa shape index (κ2) is 5.73. The Bertz CT molecular complexity index is 905. The zero-order valence-electron chi connectivity index (χ0n) is 12.6. The van der Waals surface area contributed by atoms with E-state index in [1.807, 2.05) is 0 Å². The molecule has 2 amide bonds. The summed E-state index contributed by atoms with van der Waals surface area (Å²) < 4.78 is 0. The van der Waals surface area contributed by atoms with Gasteiger partial charge in [-0.15, -0.1) is 0 Å². The number of hydrogen-bond acceptors (Lipinski definition) is 6. The lowest BCUT2D eigenvalue weighted by Gasteiger charge is -2.25. The molecule has 1 heterocycles. The van der Waals surface area contributed by atoms with Gasteiger partial charge in [0.1, 0.15) is 0 Å². The van der Waals surface area contributed by atoms with Crippen molar-refractivity contribution in [2.45, 2.75) is 19.8 Å². The number of carbonyl (C=O) groups excluding carboxylic acids is 3. The maximum Gasteiger partial charge on any atom is 0.333 e. The molecule has 0 fully saturated rings. The van der Waals surface area contributed by atoms with Gasteiger partial charge in [-0.05, 0) is 17.9 Å². The fourth-order valence-electron chi connectivity index (χ4n) is 2.61. The molecule has 8 heteroatoms. The van der Waals surface area contributed by atoms with Crippen LogP contribution in [-0.2, 0) is 9.63 Å². The van der Waals surface area contributed by atoms with Crippen LogP contribution in [0.4, 0.5) is 5.69 Å².